The predicted molar refractivity (Wildman–Crippen MR) is 58.9 cm³/mol. The maximum Gasteiger partial charge on any atom is 0.266 e. The van der Waals surface area contributed by atoms with E-state index in [1.807, 2.05) is 0 Å². The van der Waals surface area contributed by atoms with Gasteiger partial charge in [0.05, 0.1) is 11.0 Å². The van der Waals surface area contributed by atoms with E-state index in [9.17, 15) is 13.2 Å². The Morgan fingerprint density at radius 2 is 2.25 bits per heavy atom. The second kappa shape index (κ2) is 4.96. The fourth-order valence-corrected chi connectivity index (χ4v) is 2.26. The Morgan fingerprint density at radius 1 is 1.62 bits per heavy atom. The van der Waals surface area contributed by atoms with E-state index in [2.05, 4.69) is 9.71 Å². The van der Waals surface area contributed by atoms with Crippen LogP contribution in [0.2, 0.25) is 5.02 Å². The molecule has 0 aliphatic carbocycles. The Kier molecular flexibility index (Phi) is 4.09. The second-order valence-corrected chi connectivity index (χ2v) is 5.39. The van der Waals surface area contributed by atoms with Crippen LogP contribution < -0.4 is 10.3 Å². The van der Waals surface area contributed by atoms with Crippen molar-refractivity contribution in [3.63, 3.8) is 0 Å². The Bertz CT molecular complexity index is 523. The van der Waals surface area contributed by atoms with Crippen LogP contribution in [0.3, 0.4) is 0 Å². The van der Waals surface area contributed by atoms with E-state index in [-0.39, 0.29) is 16.5 Å². The summed E-state index contributed by atoms with van der Waals surface area (Å²) >= 11 is 5.50. The van der Waals surface area contributed by atoms with E-state index in [1.54, 1.807) is 0 Å². The number of hydrogen-bond donors (Lipinski definition) is 3. The highest BCUT2D eigenvalue weighted by molar-refractivity contribution is 7.89. The van der Waals surface area contributed by atoms with Gasteiger partial charge in [0.15, 0.2) is 0 Å². The number of aliphatic hydroxyl groups is 1. The largest absolute Gasteiger partial charge is 0.392 e. The molecule has 0 radical (unpaired) electrons. The average molecular weight is 267 g/mol. The molecule has 3 N–H and O–H groups in total. The quantitative estimate of drug-likeness (QED) is 0.696. The van der Waals surface area contributed by atoms with Crippen LogP contribution in [0.1, 0.15) is 6.92 Å². The molecule has 1 rings (SSSR count). The van der Waals surface area contributed by atoms with Gasteiger partial charge < -0.3 is 10.1 Å². The lowest BCUT2D eigenvalue weighted by Crippen LogP contribution is -2.31. The number of pyridine rings is 1. The number of aliphatic hydroxyl groups excluding tert-OH is 1. The third-order valence-electron chi connectivity index (χ3n) is 1.71. The first-order valence-corrected chi connectivity index (χ1v) is 6.25. The molecular weight excluding hydrogens is 256 g/mol. The molecule has 1 aromatic rings. The van der Waals surface area contributed by atoms with Gasteiger partial charge in [-0.1, -0.05) is 11.6 Å². The molecular formula is C8H11ClN2O4S. The minimum atomic E-state index is -3.76. The number of hydrogen-bond acceptors (Lipinski definition) is 4. The molecule has 0 aromatic carbocycles. The first-order chi connectivity index (χ1) is 7.33. The smallest absolute Gasteiger partial charge is 0.266 e. The summed E-state index contributed by atoms with van der Waals surface area (Å²) in [7, 11) is -3.76. The molecule has 1 heterocycles. The summed E-state index contributed by atoms with van der Waals surface area (Å²) in [5.74, 6) is 0. The molecule has 16 heavy (non-hydrogen) atoms. The van der Waals surface area contributed by atoms with Crippen LogP contribution in [-0.2, 0) is 10.0 Å². The molecule has 6 nitrogen and oxygen atoms in total. The van der Waals surface area contributed by atoms with Gasteiger partial charge in [0.2, 0.25) is 10.0 Å². The van der Waals surface area contributed by atoms with Crippen LogP contribution in [0.15, 0.2) is 22.0 Å². The number of aromatic nitrogens is 1. The molecule has 8 heteroatoms. The van der Waals surface area contributed by atoms with Gasteiger partial charge in [-0.25, -0.2) is 13.1 Å². The molecule has 0 saturated carbocycles. The third-order valence-corrected chi connectivity index (χ3v) is 3.39. The zero-order chi connectivity index (χ0) is 12.3. The number of aromatic amines is 1. The fraction of sp³-hybridized carbons (Fsp3) is 0.375. The van der Waals surface area contributed by atoms with E-state index in [0.29, 0.717) is 0 Å². The molecule has 1 atom stereocenters. The Hall–Kier alpha value is -0.890. The first kappa shape index (κ1) is 13.2. The summed E-state index contributed by atoms with van der Waals surface area (Å²) in [5, 5.41) is 8.74. The normalized spacial score (nSPS) is 13.7. The van der Waals surface area contributed by atoms with Crippen LogP contribution in [0, 0.1) is 0 Å². The minimum absolute atomic E-state index is 0.112. The molecule has 1 aromatic heterocycles. The number of nitrogens with one attached hydrogen (secondary N) is 2. The lowest BCUT2D eigenvalue weighted by Gasteiger charge is -2.08. The summed E-state index contributed by atoms with van der Waals surface area (Å²) in [6.07, 6.45) is 0.242. The maximum absolute atomic E-state index is 11.6. The number of halogens is 1. The minimum Gasteiger partial charge on any atom is -0.392 e. The second-order valence-electron chi connectivity index (χ2n) is 3.21. The van der Waals surface area contributed by atoms with Crippen LogP contribution in [-0.4, -0.2) is 31.2 Å². The molecule has 0 amide bonds. The maximum atomic E-state index is 11.6. The number of sulfonamides is 1. The van der Waals surface area contributed by atoms with Crippen molar-refractivity contribution in [3.8, 4) is 0 Å². The summed E-state index contributed by atoms with van der Waals surface area (Å²) in [6, 6.07) is 1.05. The zero-order valence-electron chi connectivity index (χ0n) is 8.40. The number of H-pyrrole nitrogens is 1. The summed E-state index contributed by atoms with van der Waals surface area (Å²) < 4.78 is 25.4. The van der Waals surface area contributed by atoms with Crippen molar-refractivity contribution in [1.29, 1.82) is 0 Å². The summed E-state index contributed by atoms with van der Waals surface area (Å²) in [5.41, 5.74) is -0.559. The molecule has 0 saturated heterocycles. The van der Waals surface area contributed by atoms with Crippen molar-refractivity contribution in [1.82, 2.24) is 9.71 Å². The lowest BCUT2D eigenvalue weighted by molar-refractivity contribution is 0.198. The van der Waals surface area contributed by atoms with E-state index in [1.165, 1.54) is 6.92 Å². The van der Waals surface area contributed by atoms with E-state index < -0.39 is 21.7 Å². The van der Waals surface area contributed by atoms with Gasteiger partial charge in [-0.3, -0.25) is 4.79 Å². The van der Waals surface area contributed by atoms with Gasteiger partial charge >= 0.3 is 0 Å². The highest BCUT2D eigenvalue weighted by atomic mass is 35.5. The summed E-state index contributed by atoms with van der Waals surface area (Å²) in [6.45, 7) is 1.33. The topological polar surface area (TPSA) is 99.3 Å². The Labute approximate surface area is 97.3 Å². The molecule has 0 spiro atoms. The van der Waals surface area contributed by atoms with Crippen molar-refractivity contribution in [3.05, 3.63) is 27.6 Å². The Balaban J connectivity index is 2.99. The Morgan fingerprint density at radius 3 is 2.75 bits per heavy atom. The van der Waals surface area contributed by atoms with Crippen molar-refractivity contribution >= 4 is 21.6 Å². The third kappa shape index (κ3) is 3.31. The van der Waals surface area contributed by atoms with E-state index >= 15 is 0 Å². The fourth-order valence-electron chi connectivity index (χ4n) is 0.907. The van der Waals surface area contributed by atoms with Crippen LogP contribution in [0.5, 0.6) is 0 Å². The van der Waals surface area contributed by atoms with Crippen LogP contribution in [0.4, 0.5) is 0 Å². The van der Waals surface area contributed by atoms with E-state index in [0.717, 1.165) is 12.3 Å². The van der Waals surface area contributed by atoms with Crippen LogP contribution >= 0.6 is 11.6 Å². The first-order valence-electron chi connectivity index (χ1n) is 4.39. The zero-order valence-corrected chi connectivity index (χ0v) is 9.97. The highest BCUT2D eigenvalue weighted by Crippen LogP contribution is 2.09. The van der Waals surface area contributed by atoms with Gasteiger partial charge in [-0.2, -0.15) is 0 Å². The van der Waals surface area contributed by atoms with E-state index in [4.69, 9.17) is 16.7 Å². The number of rotatable bonds is 4. The van der Waals surface area contributed by atoms with Gasteiger partial charge in [0, 0.05) is 12.7 Å². The molecule has 0 bridgehead atoms. The van der Waals surface area contributed by atoms with Gasteiger partial charge in [0.25, 0.3) is 5.56 Å². The van der Waals surface area contributed by atoms with Crippen molar-refractivity contribution in [2.24, 2.45) is 0 Å². The van der Waals surface area contributed by atoms with Crippen molar-refractivity contribution < 1.29 is 13.5 Å². The standard InChI is InChI=1S/C8H11ClN2O4S/c1-5(12)3-11-16(14,15)6-2-7(9)8(13)10-4-6/h2,4-5,11-12H,3H2,1H3,(H,10,13)/t5-/m1/s1. The van der Waals surface area contributed by atoms with Crippen LogP contribution in [0.25, 0.3) is 0 Å². The molecule has 0 aliphatic rings. The van der Waals surface area contributed by atoms with Gasteiger partial charge in [0.1, 0.15) is 5.02 Å². The van der Waals surface area contributed by atoms with Gasteiger partial charge in [-0.05, 0) is 13.0 Å². The molecule has 0 fully saturated rings. The molecule has 0 unspecified atom stereocenters. The van der Waals surface area contributed by atoms with Crippen molar-refractivity contribution in [2.45, 2.75) is 17.9 Å². The lowest BCUT2D eigenvalue weighted by atomic mass is 10.4. The van der Waals surface area contributed by atoms with Gasteiger partial charge in [-0.15, -0.1) is 0 Å². The highest BCUT2D eigenvalue weighted by Gasteiger charge is 2.15. The monoisotopic (exact) mass is 266 g/mol. The predicted octanol–water partition coefficient (Wildman–Crippen LogP) is -0.313. The molecule has 0 aliphatic heterocycles. The summed E-state index contributed by atoms with van der Waals surface area (Å²) in [4.78, 5) is 13.0. The molecule has 90 valence electrons. The van der Waals surface area contributed by atoms with Crippen molar-refractivity contribution in [2.75, 3.05) is 6.54 Å². The average Bonchev–Trinajstić information content (AvgIpc) is 2.19. The SMILES string of the molecule is C[C@@H](O)CNS(=O)(=O)c1c[nH]c(=O)c(Cl)c1.